The highest BCUT2D eigenvalue weighted by atomic mass is 35.5. The fourth-order valence-corrected chi connectivity index (χ4v) is 1.85. The van der Waals surface area contributed by atoms with Crippen molar-refractivity contribution in [2.24, 2.45) is 0 Å². The van der Waals surface area contributed by atoms with Crippen molar-refractivity contribution in [1.82, 2.24) is 0 Å². The number of carbonyl (C=O) groups excluding carboxylic acids is 1. The molecule has 0 aliphatic heterocycles. The molecule has 1 atom stereocenters. The zero-order valence-electron chi connectivity index (χ0n) is 11.4. The van der Waals surface area contributed by atoms with Gasteiger partial charge in [-0.15, -0.1) is 0 Å². The number of carbonyl (C=O) groups is 1. The van der Waals surface area contributed by atoms with Crippen LogP contribution < -0.4 is 10.1 Å². The summed E-state index contributed by atoms with van der Waals surface area (Å²) in [5, 5.41) is 3.41. The summed E-state index contributed by atoms with van der Waals surface area (Å²) >= 11 is 5.80. The summed E-state index contributed by atoms with van der Waals surface area (Å²) < 4.78 is 5.61. The van der Waals surface area contributed by atoms with E-state index in [1.165, 1.54) is 0 Å². The van der Waals surface area contributed by atoms with Crippen LogP contribution in [0.5, 0.6) is 5.75 Å². The van der Waals surface area contributed by atoms with Gasteiger partial charge in [0.15, 0.2) is 6.10 Å². The summed E-state index contributed by atoms with van der Waals surface area (Å²) in [6.07, 6.45) is -0.576. The number of hydrogen-bond donors (Lipinski definition) is 1. The van der Waals surface area contributed by atoms with Gasteiger partial charge < -0.3 is 10.1 Å². The Bertz CT molecular complexity index is 596. The second-order valence-electron chi connectivity index (χ2n) is 4.57. The van der Waals surface area contributed by atoms with E-state index >= 15 is 0 Å². The number of aryl methyl sites for hydroxylation is 1. The molecule has 0 saturated heterocycles. The monoisotopic (exact) mass is 289 g/mol. The summed E-state index contributed by atoms with van der Waals surface area (Å²) in [5.74, 6) is 0.484. The van der Waals surface area contributed by atoms with Crippen LogP contribution in [0.2, 0.25) is 5.02 Å². The second-order valence-corrected chi connectivity index (χ2v) is 5.01. The fourth-order valence-electron chi connectivity index (χ4n) is 1.72. The largest absolute Gasteiger partial charge is 0.481 e. The molecule has 1 amide bonds. The third kappa shape index (κ3) is 4.00. The third-order valence-electron chi connectivity index (χ3n) is 2.78. The standard InChI is InChI=1S/C16H16ClNO2/c1-11-4-3-5-15(10-11)20-12(2)16(19)18-14-8-6-13(17)7-9-14/h3-10,12H,1-2H3,(H,18,19)/t12-/m1/s1. The Morgan fingerprint density at radius 3 is 2.55 bits per heavy atom. The van der Waals surface area contributed by atoms with E-state index < -0.39 is 6.10 Å². The van der Waals surface area contributed by atoms with Crippen LogP contribution in [-0.2, 0) is 4.79 Å². The molecule has 0 heterocycles. The number of nitrogens with one attached hydrogen (secondary N) is 1. The van der Waals surface area contributed by atoms with Gasteiger partial charge in [0.1, 0.15) is 5.75 Å². The van der Waals surface area contributed by atoms with E-state index in [1.54, 1.807) is 31.2 Å². The molecule has 0 saturated carbocycles. The Labute approximate surface area is 123 Å². The van der Waals surface area contributed by atoms with E-state index in [0.717, 1.165) is 5.56 Å². The Morgan fingerprint density at radius 2 is 1.90 bits per heavy atom. The zero-order valence-corrected chi connectivity index (χ0v) is 12.1. The normalized spacial score (nSPS) is 11.8. The zero-order chi connectivity index (χ0) is 14.5. The van der Waals surface area contributed by atoms with Crippen molar-refractivity contribution in [3.8, 4) is 5.75 Å². The van der Waals surface area contributed by atoms with E-state index in [2.05, 4.69) is 5.32 Å². The van der Waals surface area contributed by atoms with Crippen LogP contribution in [0, 0.1) is 6.92 Å². The van der Waals surface area contributed by atoms with Crippen LogP contribution >= 0.6 is 11.6 Å². The quantitative estimate of drug-likeness (QED) is 0.922. The van der Waals surface area contributed by atoms with Gasteiger partial charge >= 0.3 is 0 Å². The number of hydrogen-bond acceptors (Lipinski definition) is 2. The maximum atomic E-state index is 12.0. The molecule has 0 aromatic heterocycles. The average Bonchev–Trinajstić information content (AvgIpc) is 2.41. The van der Waals surface area contributed by atoms with Gasteiger partial charge in [-0.1, -0.05) is 23.7 Å². The molecule has 0 fully saturated rings. The summed E-state index contributed by atoms with van der Waals surface area (Å²) in [7, 11) is 0. The van der Waals surface area contributed by atoms with Crippen LogP contribution in [0.4, 0.5) is 5.69 Å². The number of benzene rings is 2. The molecule has 4 heteroatoms. The fraction of sp³-hybridized carbons (Fsp3) is 0.188. The van der Waals surface area contributed by atoms with Gasteiger partial charge in [0.05, 0.1) is 0 Å². The molecule has 0 radical (unpaired) electrons. The van der Waals surface area contributed by atoms with Crippen LogP contribution in [-0.4, -0.2) is 12.0 Å². The van der Waals surface area contributed by atoms with Crippen molar-refractivity contribution in [3.63, 3.8) is 0 Å². The maximum absolute atomic E-state index is 12.0. The summed E-state index contributed by atoms with van der Waals surface area (Å²) in [6, 6.07) is 14.6. The van der Waals surface area contributed by atoms with E-state index in [1.807, 2.05) is 31.2 Å². The van der Waals surface area contributed by atoms with Gasteiger partial charge in [0, 0.05) is 10.7 Å². The van der Waals surface area contributed by atoms with Crippen LogP contribution in [0.3, 0.4) is 0 Å². The number of rotatable bonds is 4. The lowest BCUT2D eigenvalue weighted by Crippen LogP contribution is -2.30. The van der Waals surface area contributed by atoms with Crippen molar-refractivity contribution in [2.45, 2.75) is 20.0 Å². The molecule has 1 N–H and O–H groups in total. The van der Waals surface area contributed by atoms with Gasteiger partial charge in [-0.25, -0.2) is 0 Å². The molecule has 2 aromatic carbocycles. The van der Waals surface area contributed by atoms with Crippen molar-refractivity contribution in [1.29, 1.82) is 0 Å². The number of amides is 1. The Morgan fingerprint density at radius 1 is 1.20 bits per heavy atom. The summed E-state index contributed by atoms with van der Waals surface area (Å²) in [4.78, 5) is 12.0. The van der Waals surface area contributed by atoms with Gasteiger partial charge in [0.25, 0.3) is 5.91 Å². The highest BCUT2D eigenvalue weighted by Gasteiger charge is 2.14. The molecule has 2 rings (SSSR count). The van der Waals surface area contributed by atoms with Crippen LogP contribution in [0.25, 0.3) is 0 Å². The van der Waals surface area contributed by atoms with Crippen LogP contribution in [0.1, 0.15) is 12.5 Å². The summed E-state index contributed by atoms with van der Waals surface area (Å²) in [5.41, 5.74) is 1.78. The molecule has 3 nitrogen and oxygen atoms in total. The Hall–Kier alpha value is -2.00. The minimum Gasteiger partial charge on any atom is -0.481 e. The molecule has 0 aliphatic rings. The highest BCUT2D eigenvalue weighted by molar-refractivity contribution is 6.30. The van der Waals surface area contributed by atoms with Crippen molar-refractivity contribution in [2.75, 3.05) is 5.32 Å². The minimum atomic E-state index is -0.576. The van der Waals surface area contributed by atoms with Crippen molar-refractivity contribution < 1.29 is 9.53 Å². The lowest BCUT2D eigenvalue weighted by molar-refractivity contribution is -0.122. The van der Waals surface area contributed by atoms with Gasteiger partial charge in [-0.3, -0.25) is 4.79 Å². The Kier molecular flexibility index (Phi) is 4.64. The predicted molar refractivity (Wildman–Crippen MR) is 81.4 cm³/mol. The Balaban J connectivity index is 1.96. The van der Waals surface area contributed by atoms with E-state index in [4.69, 9.17) is 16.3 Å². The first-order chi connectivity index (χ1) is 9.54. The first-order valence-electron chi connectivity index (χ1n) is 6.34. The highest BCUT2D eigenvalue weighted by Crippen LogP contribution is 2.16. The topological polar surface area (TPSA) is 38.3 Å². The van der Waals surface area contributed by atoms with Gasteiger partial charge in [0.2, 0.25) is 0 Å². The first kappa shape index (κ1) is 14.4. The number of anilines is 1. The van der Waals surface area contributed by atoms with E-state index in [0.29, 0.717) is 16.5 Å². The molecule has 20 heavy (non-hydrogen) atoms. The molecule has 0 aliphatic carbocycles. The lowest BCUT2D eigenvalue weighted by atomic mass is 10.2. The second kappa shape index (κ2) is 6.44. The first-order valence-corrected chi connectivity index (χ1v) is 6.72. The van der Waals surface area contributed by atoms with Crippen molar-refractivity contribution >= 4 is 23.2 Å². The smallest absolute Gasteiger partial charge is 0.265 e. The average molecular weight is 290 g/mol. The van der Waals surface area contributed by atoms with E-state index in [-0.39, 0.29) is 5.91 Å². The summed E-state index contributed by atoms with van der Waals surface area (Å²) in [6.45, 7) is 3.69. The van der Waals surface area contributed by atoms with Gasteiger partial charge in [-0.05, 0) is 55.8 Å². The molecule has 2 aromatic rings. The predicted octanol–water partition coefficient (Wildman–Crippen LogP) is 4.05. The molecular formula is C16H16ClNO2. The SMILES string of the molecule is Cc1cccc(O[C@H](C)C(=O)Nc2ccc(Cl)cc2)c1. The lowest BCUT2D eigenvalue weighted by Gasteiger charge is -2.15. The molecule has 104 valence electrons. The number of ether oxygens (including phenoxy) is 1. The van der Waals surface area contributed by atoms with Gasteiger partial charge in [-0.2, -0.15) is 0 Å². The molecule has 0 spiro atoms. The third-order valence-corrected chi connectivity index (χ3v) is 3.04. The molecular weight excluding hydrogens is 274 g/mol. The number of halogens is 1. The molecule has 0 bridgehead atoms. The van der Waals surface area contributed by atoms with Crippen LogP contribution in [0.15, 0.2) is 48.5 Å². The van der Waals surface area contributed by atoms with E-state index in [9.17, 15) is 4.79 Å². The van der Waals surface area contributed by atoms with Crippen molar-refractivity contribution in [3.05, 3.63) is 59.1 Å². The maximum Gasteiger partial charge on any atom is 0.265 e. The molecule has 0 unspecified atom stereocenters. The minimum absolute atomic E-state index is 0.200.